The van der Waals surface area contributed by atoms with Crippen LogP contribution in [-0.4, -0.2) is 24.7 Å². The maximum Gasteiger partial charge on any atom is 0.0422 e. The van der Waals surface area contributed by atoms with Gasteiger partial charge in [-0.1, -0.05) is 6.08 Å². The number of halogens is 2. The smallest absolute Gasteiger partial charge is 0.0422 e. The molecule has 1 atom stereocenters. The van der Waals surface area contributed by atoms with Gasteiger partial charge in [0.15, 0.2) is 0 Å². The van der Waals surface area contributed by atoms with Crippen LogP contribution in [0.5, 0.6) is 0 Å². The molecule has 2 N–H and O–H groups in total. The molecule has 2 aliphatic heterocycles. The number of fused-ring (bicyclic) bond motifs is 1. The van der Waals surface area contributed by atoms with E-state index in [9.17, 15) is 0 Å². The van der Waals surface area contributed by atoms with Crippen molar-refractivity contribution in [1.82, 2.24) is 10.6 Å². The van der Waals surface area contributed by atoms with Crippen LogP contribution in [0.2, 0.25) is 0 Å². The van der Waals surface area contributed by atoms with Crippen molar-refractivity contribution in [3.8, 4) is 0 Å². The van der Waals surface area contributed by atoms with Crippen LogP contribution in [-0.2, 0) is 0 Å². The van der Waals surface area contributed by atoms with E-state index < -0.39 is 0 Å². The van der Waals surface area contributed by atoms with Gasteiger partial charge >= 0.3 is 0 Å². The van der Waals surface area contributed by atoms with Crippen LogP contribution >= 0.6 is 24.8 Å². The summed E-state index contributed by atoms with van der Waals surface area (Å²) < 4.78 is 0. The molecule has 0 aromatic carbocycles. The zero-order valence-electron chi connectivity index (χ0n) is 8.09. The first-order valence-electron chi connectivity index (χ1n) is 4.35. The van der Waals surface area contributed by atoms with Gasteiger partial charge in [0.05, 0.1) is 0 Å². The number of hydrogen-bond acceptors (Lipinski definition) is 2. The fraction of sp³-hybridized carbons (Fsp3) is 0.778. The largest absolute Gasteiger partial charge is 0.311 e. The van der Waals surface area contributed by atoms with Gasteiger partial charge in [-0.25, -0.2) is 0 Å². The molecule has 0 amide bonds. The fourth-order valence-electron chi connectivity index (χ4n) is 1.89. The Hall–Kier alpha value is 0.240. The molecule has 0 aliphatic carbocycles. The molecule has 13 heavy (non-hydrogen) atoms. The molecular formula is C9H18Cl2N2. The Labute approximate surface area is 92.4 Å². The lowest BCUT2D eigenvalue weighted by Crippen LogP contribution is -2.49. The van der Waals surface area contributed by atoms with Gasteiger partial charge in [-0.3, -0.25) is 0 Å². The summed E-state index contributed by atoms with van der Waals surface area (Å²) in [5, 5.41) is 7.00. The van der Waals surface area contributed by atoms with E-state index >= 15 is 0 Å². The van der Waals surface area contributed by atoms with E-state index in [-0.39, 0.29) is 24.8 Å². The molecule has 0 radical (unpaired) electrons. The highest BCUT2D eigenvalue weighted by molar-refractivity contribution is 5.85. The highest BCUT2D eigenvalue weighted by atomic mass is 35.5. The van der Waals surface area contributed by atoms with Gasteiger partial charge in [-0.05, 0) is 25.8 Å². The Morgan fingerprint density at radius 2 is 2.08 bits per heavy atom. The Morgan fingerprint density at radius 3 is 2.77 bits per heavy atom. The normalized spacial score (nSPS) is 29.4. The van der Waals surface area contributed by atoms with Crippen LogP contribution in [0.3, 0.4) is 0 Å². The van der Waals surface area contributed by atoms with Crippen LogP contribution in [0.25, 0.3) is 0 Å². The molecule has 0 bridgehead atoms. The van der Waals surface area contributed by atoms with E-state index in [2.05, 4.69) is 30.6 Å². The zero-order chi connectivity index (χ0) is 7.90. The van der Waals surface area contributed by atoms with E-state index in [1.807, 2.05) is 0 Å². The van der Waals surface area contributed by atoms with E-state index in [0.717, 1.165) is 13.1 Å². The summed E-state index contributed by atoms with van der Waals surface area (Å²) in [6, 6.07) is 0.610. The lowest BCUT2D eigenvalue weighted by Gasteiger charge is -2.33. The van der Waals surface area contributed by atoms with Gasteiger partial charge in [-0.15, -0.1) is 24.8 Å². The van der Waals surface area contributed by atoms with E-state index in [1.165, 1.54) is 6.42 Å². The van der Waals surface area contributed by atoms with Gasteiger partial charge in [0.25, 0.3) is 0 Å². The predicted octanol–water partition coefficient (Wildman–Crippen LogP) is 1.50. The van der Waals surface area contributed by atoms with Crippen molar-refractivity contribution < 1.29 is 0 Å². The minimum atomic E-state index is 0. The maximum atomic E-state index is 3.62. The Kier molecular flexibility index (Phi) is 4.73. The number of nitrogens with one attached hydrogen (secondary N) is 2. The second kappa shape index (κ2) is 4.65. The molecule has 0 aromatic heterocycles. The summed E-state index contributed by atoms with van der Waals surface area (Å²) in [6.07, 6.45) is 3.56. The highest BCUT2D eigenvalue weighted by Gasteiger charge is 2.30. The SMILES string of the molecule is CC1(C)CC=C2CNCC2N1.Cl.Cl. The van der Waals surface area contributed by atoms with Crippen molar-refractivity contribution in [1.29, 1.82) is 0 Å². The topological polar surface area (TPSA) is 24.1 Å². The lowest BCUT2D eigenvalue weighted by molar-refractivity contribution is 0.348. The standard InChI is InChI=1S/C9H16N2.2ClH/c1-9(2)4-3-7-5-10-6-8(7)11-9;;/h3,8,10-11H,4-6H2,1-2H3;2*1H. The summed E-state index contributed by atoms with van der Waals surface area (Å²) in [7, 11) is 0. The van der Waals surface area contributed by atoms with Crippen LogP contribution in [0.15, 0.2) is 11.6 Å². The van der Waals surface area contributed by atoms with Gasteiger partial charge in [0, 0.05) is 24.7 Å². The van der Waals surface area contributed by atoms with Gasteiger partial charge in [0.2, 0.25) is 0 Å². The minimum absolute atomic E-state index is 0. The fourth-order valence-corrected chi connectivity index (χ4v) is 1.89. The van der Waals surface area contributed by atoms with Crippen molar-refractivity contribution in [2.75, 3.05) is 13.1 Å². The third-order valence-electron chi connectivity index (χ3n) is 2.56. The van der Waals surface area contributed by atoms with Crippen LogP contribution < -0.4 is 10.6 Å². The van der Waals surface area contributed by atoms with Gasteiger partial charge in [0.1, 0.15) is 0 Å². The minimum Gasteiger partial charge on any atom is -0.311 e. The van der Waals surface area contributed by atoms with E-state index in [4.69, 9.17) is 0 Å². The average Bonchev–Trinajstić information content (AvgIpc) is 2.31. The maximum absolute atomic E-state index is 3.62. The van der Waals surface area contributed by atoms with Crippen molar-refractivity contribution in [3.63, 3.8) is 0 Å². The monoisotopic (exact) mass is 224 g/mol. The highest BCUT2D eigenvalue weighted by Crippen LogP contribution is 2.22. The Morgan fingerprint density at radius 1 is 1.38 bits per heavy atom. The number of rotatable bonds is 0. The molecule has 2 rings (SSSR count). The second-order valence-electron chi connectivity index (χ2n) is 4.19. The van der Waals surface area contributed by atoms with Gasteiger partial charge in [-0.2, -0.15) is 0 Å². The Balaban J connectivity index is 0.000000720. The third-order valence-corrected chi connectivity index (χ3v) is 2.56. The molecule has 1 unspecified atom stereocenters. The first-order valence-corrected chi connectivity index (χ1v) is 4.35. The van der Waals surface area contributed by atoms with Gasteiger partial charge < -0.3 is 10.6 Å². The molecule has 78 valence electrons. The lowest BCUT2D eigenvalue weighted by atomic mass is 9.91. The molecule has 1 saturated heterocycles. The quantitative estimate of drug-likeness (QED) is 0.610. The van der Waals surface area contributed by atoms with Crippen molar-refractivity contribution >= 4 is 24.8 Å². The van der Waals surface area contributed by atoms with Crippen LogP contribution in [0, 0.1) is 0 Å². The molecule has 2 nitrogen and oxygen atoms in total. The predicted molar refractivity (Wildman–Crippen MR) is 61.1 cm³/mol. The third kappa shape index (κ3) is 2.84. The van der Waals surface area contributed by atoms with Crippen molar-refractivity contribution in [3.05, 3.63) is 11.6 Å². The summed E-state index contributed by atoms with van der Waals surface area (Å²) in [4.78, 5) is 0. The summed E-state index contributed by atoms with van der Waals surface area (Å²) in [5.41, 5.74) is 1.87. The molecule has 0 aromatic rings. The first-order chi connectivity index (χ1) is 5.17. The second-order valence-corrected chi connectivity index (χ2v) is 4.19. The molecule has 2 aliphatic rings. The Bertz CT molecular complexity index is 202. The molecule has 1 fully saturated rings. The molecule has 2 heterocycles. The van der Waals surface area contributed by atoms with E-state index in [1.54, 1.807) is 5.57 Å². The van der Waals surface area contributed by atoms with Crippen LogP contribution in [0.4, 0.5) is 0 Å². The average molecular weight is 225 g/mol. The zero-order valence-corrected chi connectivity index (χ0v) is 9.73. The number of hydrogen-bond donors (Lipinski definition) is 2. The summed E-state index contributed by atoms with van der Waals surface area (Å²) in [5.74, 6) is 0. The molecule has 0 spiro atoms. The first kappa shape index (κ1) is 13.2. The summed E-state index contributed by atoms with van der Waals surface area (Å²) >= 11 is 0. The van der Waals surface area contributed by atoms with Crippen molar-refractivity contribution in [2.24, 2.45) is 0 Å². The summed E-state index contributed by atoms with van der Waals surface area (Å²) in [6.45, 7) is 6.72. The van der Waals surface area contributed by atoms with Crippen molar-refractivity contribution in [2.45, 2.75) is 31.8 Å². The molecular weight excluding hydrogens is 207 g/mol. The van der Waals surface area contributed by atoms with E-state index in [0.29, 0.717) is 11.6 Å². The molecule has 4 heteroatoms. The van der Waals surface area contributed by atoms with Crippen LogP contribution in [0.1, 0.15) is 20.3 Å². The molecule has 0 saturated carbocycles.